The summed E-state index contributed by atoms with van der Waals surface area (Å²) >= 11 is 1.18. The second kappa shape index (κ2) is 11.2. The summed E-state index contributed by atoms with van der Waals surface area (Å²) in [5.74, 6) is -0.482. The van der Waals surface area contributed by atoms with Crippen molar-refractivity contribution in [2.24, 2.45) is 0 Å². The van der Waals surface area contributed by atoms with Gasteiger partial charge in [0.15, 0.2) is 0 Å². The zero-order valence-electron chi connectivity index (χ0n) is 9.55. The number of carbonyl (C=O) groups is 1. The van der Waals surface area contributed by atoms with Gasteiger partial charge in [0.05, 0.1) is 31.7 Å². The van der Waals surface area contributed by atoms with E-state index in [0.717, 1.165) is 13.0 Å². The van der Waals surface area contributed by atoms with Crippen LogP contribution in [0.15, 0.2) is 0 Å². The molecule has 0 radical (unpaired) electrons. The normalized spacial score (nSPS) is 12.6. The van der Waals surface area contributed by atoms with Crippen molar-refractivity contribution in [3.8, 4) is 0 Å². The fourth-order valence-corrected chi connectivity index (χ4v) is 1.57. The molecule has 0 saturated heterocycles. The van der Waals surface area contributed by atoms with Crippen LogP contribution < -0.4 is 0 Å². The molecule has 0 aromatic rings. The number of aliphatic hydroxyl groups excluding tert-OH is 1. The van der Waals surface area contributed by atoms with Gasteiger partial charge in [-0.25, -0.2) is 0 Å². The number of carboxylic acid groups (broad SMARTS) is 1. The minimum atomic E-state index is -0.869. The van der Waals surface area contributed by atoms with E-state index in [2.05, 4.69) is 0 Å². The molecule has 16 heavy (non-hydrogen) atoms. The maximum Gasteiger partial charge on any atom is 0.313 e. The monoisotopic (exact) mass is 252 g/mol. The van der Waals surface area contributed by atoms with Crippen molar-refractivity contribution in [2.75, 3.05) is 37.9 Å². The van der Waals surface area contributed by atoms with Gasteiger partial charge in [0.1, 0.15) is 0 Å². The van der Waals surface area contributed by atoms with Gasteiger partial charge >= 0.3 is 5.97 Å². The van der Waals surface area contributed by atoms with Crippen LogP contribution in [0.2, 0.25) is 0 Å². The average Bonchev–Trinajstić information content (AvgIpc) is 2.22. The van der Waals surface area contributed by atoms with Crippen molar-refractivity contribution in [2.45, 2.75) is 19.4 Å². The Morgan fingerprint density at radius 3 is 2.62 bits per heavy atom. The second-order valence-electron chi connectivity index (χ2n) is 3.25. The quantitative estimate of drug-likeness (QED) is 0.525. The molecule has 0 aliphatic heterocycles. The predicted molar refractivity (Wildman–Crippen MR) is 62.9 cm³/mol. The Kier molecular flexibility index (Phi) is 11.0. The van der Waals surface area contributed by atoms with Crippen LogP contribution in [0.1, 0.15) is 13.3 Å². The number of carboxylic acids is 1. The average molecular weight is 252 g/mol. The van der Waals surface area contributed by atoms with Crippen molar-refractivity contribution in [3.63, 3.8) is 0 Å². The summed E-state index contributed by atoms with van der Waals surface area (Å²) < 4.78 is 10.4. The minimum absolute atomic E-state index is 0.0106. The molecule has 1 atom stereocenters. The Balaban J connectivity index is 3.17. The van der Waals surface area contributed by atoms with Crippen molar-refractivity contribution in [1.29, 1.82) is 0 Å². The Morgan fingerprint density at radius 2 is 2.00 bits per heavy atom. The van der Waals surface area contributed by atoms with Crippen molar-refractivity contribution < 1.29 is 24.5 Å². The number of hydrogen-bond donors (Lipinski definition) is 2. The second-order valence-corrected chi connectivity index (χ2v) is 4.28. The lowest BCUT2D eigenvalue weighted by Gasteiger charge is -2.10. The van der Waals surface area contributed by atoms with E-state index in [9.17, 15) is 9.90 Å². The smallest absolute Gasteiger partial charge is 0.313 e. The van der Waals surface area contributed by atoms with E-state index < -0.39 is 12.1 Å². The molecule has 0 saturated carbocycles. The summed E-state index contributed by atoms with van der Waals surface area (Å²) in [6.45, 7) is 3.97. The van der Waals surface area contributed by atoms with E-state index in [1.54, 1.807) is 0 Å². The maximum atomic E-state index is 10.2. The third-order valence-electron chi connectivity index (χ3n) is 1.57. The van der Waals surface area contributed by atoms with Crippen molar-refractivity contribution >= 4 is 17.7 Å². The third-order valence-corrected chi connectivity index (χ3v) is 2.64. The molecule has 2 N–H and O–H groups in total. The van der Waals surface area contributed by atoms with Gasteiger partial charge in [-0.1, -0.05) is 6.92 Å². The Hall–Kier alpha value is -0.300. The van der Waals surface area contributed by atoms with Crippen LogP contribution in [-0.4, -0.2) is 60.2 Å². The molecule has 0 spiro atoms. The third kappa shape index (κ3) is 11.8. The number of ether oxygens (including phenoxy) is 2. The number of thioether (sulfide) groups is 1. The van der Waals surface area contributed by atoms with Gasteiger partial charge < -0.3 is 19.7 Å². The van der Waals surface area contributed by atoms with E-state index in [1.807, 2.05) is 6.92 Å². The molecule has 0 aromatic carbocycles. The number of aliphatic hydroxyl groups is 1. The summed E-state index contributed by atoms with van der Waals surface area (Å²) in [4.78, 5) is 10.2. The fraction of sp³-hybridized carbons (Fsp3) is 0.900. The maximum absolute atomic E-state index is 10.2. The van der Waals surface area contributed by atoms with Crippen molar-refractivity contribution in [1.82, 2.24) is 0 Å². The van der Waals surface area contributed by atoms with E-state index in [0.29, 0.717) is 19.0 Å². The first-order valence-corrected chi connectivity index (χ1v) is 6.45. The van der Waals surface area contributed by atoms with Gasteiger partial charge in [-0.15, -0.1) is 11.8 Å². The van der Waals surface area contributed by atoms with Gasteiger partial charge in [-0.05, 0) is 6.42 Å². The lowest BCUT2D eigenvalue weighted by molar-refractivity contribution is -0.133. The SMILES string of the molecule is CCCOCCOCC(O)CSCC(=O)O. The van der Waals surface area contributed by atoms with Gasteiger partial charge in [0.25, 0.3) is 0 Å². The predicted octanol–water partition coefficient (Wildman–Crippen LogP) is 0.608. The molecule has 0 bridgehead atoms. The molecule has 5 nitrogen and oxygen atoms in total. The van der Waals surface area contributed by atoms with Gasteiger partial charge in [0.2, 0.25) is 0 Å². The van der Waals surface area contributed by atoms with Crippen LogP contribution >= 0.6 is 11.8 Å². The van der Waals surface area contributed by atoms with Gasteiger partial charge in [-0.2, -0.15) is 0 Å². The first-order chi connectivity index (χ1) is 7.66. The van der Waals surface area contributed by atoms with Crippen molar-refractivity contribution in [3.05, 3.63) is 0 Å². The molecular formula is C10H20O5S. The summed E-state index contributed by atoms with van der Waals surface area (Å²) in [6.07, 6.45) is 0.365. The lowest BCUT2D eigenvalue weighted by atomic mass is 10.4. The summed E-state index contributed by atoms with van der Waals surface area (Å²) in [6, 6.07) is 0. The highest BCUT2D eigenvalue weighted by Crippen LogP contribution is 2.02. The Labute approximate surface area is 100 Å². The molecule has 6 heteroatoms. The lowest BCUT2D eigenvalue weighted by Crippen LogP contribution is -2.20. The summed E-state index contributed by atoms with van der Waals surface area (Å²) in [7, 11) is 0. The van der Waals surface area contributed by atoms with E-state index in [-0.39, 0.29) is 12.4 Å². The first-order valence-electron chi connectivity index (χ1n) is 5.30. The van der Waals surface area contributed by atoms with Crippen LogP contribution in [0.25, 0.3) is 0 Å². The zero-order chi connectivity index (χ0) is 12.2. The molecular weight excluding hydrogens is 232 g/mol. The molecule has 0 aromatic heterocycles. The van der Waals surface area contributed by atoms with Gasteiger partial charge in [-0.3, -0.25) is 4.79 Å². The molecule has 0 amide bonds. The first kappa shape index (κ1) is 15.7. The van der Waals surface area contributed by atoms with Crippen LogP contribution in [0.5, 0.6) is 0 Å². The molecule has 0 rings (SSSR count). The zero-order valence-corrected chi connectivity index (χ0v) is 10.4. The van der Waals surface area contributed by atoms with Gasteiger partial charge in [0, 0.05) is 12.4 Å². The fourth-order valence-electron chi connectivity index (χ4n) is 0.914. The molecule has 0 heterocycles. The summed E-state index contributed by atoms with van der Waals surface area (Å²) in [5.41, 5.74) is 0. The van der Waals surface area contributed by atoms with E-state index in [4.69, 9.17) is 14.6 Å². The molecule has 0 aliphatic carbocycles. The molecule has 1 unspecified atom stereocenters. The summed E-state index contributed by atoms with van der Waals surface area (Å²) in [5, 5.41) is 17.8. The number of hydrogen-bond acceptors (Lipinski definition) is 5. The van der Waals surface area contributed by atoms with Crippen LogP contribution in [0, 0.1) is 0 Å². The highest BCUT2D eigenvalue weighted by molar-refractivity contribution is 7.99. The molecule has 0 aliphatic rings. The molecule has 96 valence electrons. The Bertz CT molecular complexity index is 177. The van der Waals surface area contributed by atoms with E-state index >= 15 is 0 Å². The van der Waals surface area contributed by atoms with Crippen LogP contribution in [-0.2, 0) is 14.3 Å². The largest absolute Gasteiger partial charge is 0.481 e. The molecule has 0 fully saturated rings. The van der Waals surface area contributed by atoms with Crippen LogP contribution in [0.3, 0.4) is 0 Å². The minimum Gasteiger partial charge on any atom is -0.481 e. The Morgan fingerprint density at radius 1 is 1.31 bits per heavy atom. The standard InChI is InChI=1S/C10H20O5S/c1-2-3-14-4-5-15-6-9(11)7-16-8-10(12)13/h9,11H,2-8H2,1H3,(H,12,13). The van der Waals surface area contributed by atoms with Crippen LogP contribution in [0.4, 0.5) is 0 Å². The number of rotatable bonds is 11. The highest BCUT2D eigenvalue weighted by atomic mass is 32.2. The highest BCUT2D eigenvalue weighted by Gasteiger charge is 2.06. The van der Waals surface area contributed by atoms with E-state index in [1.165, 1.54) is 11.8 Å². The number of aliphatic carboxylic acids is 1. The topological polar surface area (TPSA) is 76.0 Å².